The Kier molecular flexibility index (Phi) is 4.16. The van der Waals surface area contributed by atoms with Crippen molar-refractivity contribution >= 4 is 5.69 Å². The number of nitrogen functional groups attached to an aromatic ring is 1. The van der Waals surface area contributed by atoms with E-state index in [0.717, 1.165) is 29.8 Å². The fourth-order valence-electron chi connectivity index (χ4n) is 3.91. The lowest BCUT2D eigenvalue weighted by Crippen LogP contribution is -2.41. The Bertz CT molecular complexity index is 460. The second-order valence-electron chi connectivity index (χ2n) is 6.39. The molecule has 3 nitrogen and oxygen atoms in total. The predicted octanol–water partition coefficient (Wildman–Crippen LogP) is 3.29. The molecule has 0 amide bonds. The quantitative estimate of drug-likeness (QED) is 0.860. The highest BCUT2D eigenvalue weighted by molar-refractivity contribution is 5.50. The minimum absolute atomic E-state index is 0.886. The smallest absolute Gasteiger partial charge is 0.119 e. The molecule has 1 aromatic carbocycles. The van der Waals surface area contributed by atoms with Crippen LogP contribution in [0.15, 0.2) is 18.2 Å². The van der Waals surface area contributed by atoms with Crippen LogP contribution < -0.4 is 10.5 Å². The Hall–Kier alpha value is -1.22. The van der Waals surface area contributed by atoms with Gasteiger partial charge in [-0.1, -0.05) is 19.3 Å². The van der Waals surface area contributed by atoms with Crippen molar-refractivity contribution in [2.45, 2.75) is 38.6 Å². The number of hydrogen-bond acceptors (Lipinski definition) is 3. The highest BCUT2D eigenvalue weighted by Crippen LogP contribution is 2.36. The fourth-order valence-corrected chi connectivity index (χ4v) is 3.91. The molecule has 1 saturated heterocycles. The SMILES string of the molecule is COc1ccc(N)c(CN2CCC3CCCCC3C2)c1. The number of nitrogens with two attached hydrogens (primary N) is 1. The minimum Gasteiger partial charge on any atom is -0.497 e. The number of piperidine rings is 1. The molecule has 110 valence electrons. The van der Waals surface area contributed by atoms with E-state index in [2.05, 4.69) is 11.0 Å². The van der Waals surface area contributed by atoms with Crippen molar-refractivity contribution in [3.05, 3.63) is 23.8 Å². The highest BCUT2D eigenvalue weighted by Gasteiger charge is 2.31. The van der Waals surface area contributed by atoms with Crippen LogP contribution in [0.3, 0.4) is 0 Å². The summed E-state index contributed by atoms with van der Waals surface area (Å²) in [6, 6.07) is 5.98. The monoisotopic (exact) mass is 274 g/mol. The van der Waals surface area contributed by atoms with E-state index in [0.29, 0.717) is 0 Å². The van der Waals surface area contributed by atoms with Gasteiger partial charge in [0.05, 0.1) is 7.11 Å². The molecule has 3 heteroatoms. The van der Waals surface area contributed by atoms with Gasteiger partial charge >= 0.3 is 0 Å². The minimum atomic E-state index is 0.886. The Balaban J connectivity index is 1.66. The van der Waals surface area contributed by atoms with Gasteiger partial charge in [-0.2, -0.15) is 0 Å². The van der Waals surface area contributed by atoms with Crippen molar-refractivity contribution in [1.82, 2.24) is 4.90 Å². The number of hydrogen-bond donors (Lipinski definition) is 1. The number of anilines is 1. The lowest BCUT2D eigenvalue weighted by atomic mass is 9.75. The zero-order chi connectivity index (χ0) is 13.9. The zero-order valence-electron chi connectivity index (χ0n) is 12.5. The number of likely N-dealkylation sites (tertiary alicyclic amines) is 1. The normalized spacial score (nSPS) is 27.1. The summed E-state index contributed by atoms with van der Waals surface area (Å²) < 4.78 is 5.31. The second-order valence-corrected chi connectivity index (χ2v) is 6.39. The number of ether oxygens (including phenoxy) is 1. The molecule has 0 bridgehead atoms. The molecule has 0 spiro atoms. The molecule has 2 atom stereocenters. The number of fused-ring (bicyclic) bond motifs is 1. The van der Waals surface area contributed by atoms with Gasteiger partial charge in [0.15, 0.2) is 0 Å². The molecule has 1 heterocycles. The summed E-state index contributed by atoms with van der Waals surface area (Å²) in [6.07, 6.45) is 7.13. The molecular weight excluding hydrogens is 248 g/mol. The zero-order valence-corrected chi connectivity index (χ0v) is 12.5. The van der Waals surface area contributed by atoms with Crippen LogP contribution in [0.25, 0.3) is 0 Å². The molecular formula is C17H26N2O. The van der Waals surface area contributed by atoms with E-state index in [1.807, 2.05) is 12.1 Å². The van der Waals surface area contributed by atoms with E-state index in [1.165, 1.54) is 50.8 Å². The second kappa shape index (κ2) is 6.04. The van der Waals surface area contributed by atoms with Gasteiger partial charge < -0.3 is 10.5 Å². The molecule has 1 aliphatic carbocycles. The summed E-state index contributed by atoms with van der Waals surface area (Å²) in [5.74, 6) is 2.81. The number of rotatable bonds is 3. The van der Waals surface area contributed by atoms with E-state index >= 15 is 0 Å². The van der Waals surface area contributed by atoms with Crippen molar-refractivity contribution in [2.24, 2.45) is 11.8 Å². The summed E-state index contributed by atoms with van der Waals surface area (Å²) in [5.41, 5.74) is 8.20. The molecule has 0 aromatic heterocycles. The van der Waals surface area contributed by atoms with Gasteiger partial charge in [0.25, 0.3) is 0 Å². The Morgan fingerprint density at radius 2 is 2.00 bits per heavy atom. The van der Waals surface area contributed by atoms with Crippen LogP contribution in [0.2, 0.25) is 0 Å². The summed E-state index contributed by atoms with van der Waals surface area (Å²) >= 11 is 0. The van der Waals surface area contributed by atoms with Crippen LogP contribution in [0.5, 0.6) is 5.75 Å². The van der Waals surface area contributed by atoms with Gasteiger partial charge in [0.1, 0.15) is 5.75 Å². The standard InChI is InChI=1S/C17H26N2O/c1-20-16-6-7-17(18)15(10-16)12-19-9-8-13-4-2-3-5-14(13)11-19/h6-7,10,13-14H,2-5,8-9,11-12,18H2,1H3. The maximum atomic E-state index is 6.11. The van der Waals surface area contributed by atoms with Crippen molar-refractivity contribution in [1.29, 1.82) is 0 Å². The summed E-state index contributed by atoms with van der Waals surface area (Å²) in [5, 5.41) is 0. The van der Waals surface area contributed by atoms with Crippen LogP contribution in [0, 0.1) is 11.8 Å². The Morgan fingerprint density at radius 3 is 2.80 bits per heavy atom. The topological polar surface area (TPSA) is 38.5 Å². The number of benzene rings is 1. The molecule has 2 N–H and O–H groups in total. The van der Waals surface area contributed by atoms with Crippen molar-refractivity contribution < 1.29 is 4.74 Å². The summed E-state index contributed by atoms with van der Waals surface area (Å²) in [6.45, 7) is 3.44. The third kappa shape index (κ3) is 2.93. The lowest BCUT2D eigenvalue weighted by Gasteiger charge is -2.41. The van der Waals surface area contributed by atoms with Crippen molar-refractivity contribution in [3.63, 3.8) is 0 Å². The molecule has 2 aliphatic rings. The first-order valence-electron chi connectivity index (χ1n) is 7.91. The van der Waals surface area contributed by atoms with E-state index in [4.69, 9.17) is 10.5 Å². The predicted molar refractivity (Wildman–Crippen MR) is 82.7 cm³/mol. The van der Waals surface area contributed by atoms with Gasteiger partial charge in [-0.05, 0) is 55.0 Å². The van der Waals surface area contributed by atoms with Crippen molar-refractivity contribution in [2.75, 3.05) is 25.9 Å². The van der Waals surface area contributed by atoms with Crippen LogP contribution in [0.1, 0.15) is 37.7 Å². The van der Waals surface area contributed by atoms with Crippen LogP contribution in [-0.2, 0) is 6.54 Å². The van der Waals surface area contributed by atoms with E-state index < -0.39 is 0 Å². The van der Waals surface area contributed by atoms with Gasteiger partial charge in [0, 0.05) is 18.8 Å². The van der Waals surface area contributed by atoms with Gasteiger partial charge in [0.2, 0.25) is 0 Å². The first-order valence-corrected chi connectivity index (χ1v) is 7.91. The lowest BCUT2D eigenvalue weighted by molar-refractivity contribution is 0.0821. The number of nitrogens with zero attached hydrogens (tertiary/aromatic N) is 1. The third-order valence-electron chi connectivity index (χ3n) is 5.12. The Labute approximate surface area is 122 Å². The molecule has 0 radical (unpaired) electrons. The van der Waals surface area contributed by atoms with Crippen molar-refractivity contribution in [3.8, 4) is 5.75 Å². The van der Waals surface area contributed by atoms with Gasteiger partial charge in [-0.15, -0.1) is 0 Å². The average Bonchev–Trinajstić information content (AvgIpc) is 2.49. The Morgan fingerprint density at radius 1 is 1.20 bits per heavy atom. The highest BCUT2D eigenvalue weighted by atomic mass is 16.5. The van der Waals surface area contributed by atoms with Gasteiger partial charge in [-0.25, -0.2) is 0 Å². The van der Waals surface area contributed by atoms with E-state index in [1.54, 1.807) is 7.11 Å². The van der Waals surface area contributed by atoms with Crippen LogP contribution in [-0.4, -0.2) is 25.1 Å². The molecule has 2 unspecified atom stereocenters. The molecule has 1 aliphatic heterocycles. The van der Waals surface area contributed by atoms with E-state index in [9.17, 15) is 0 Å². The van der Waals surface area contributed by atoms with E-state index in [-0.39, 0.29) is 0 Å². The fraction of sp³-hybridized carbons (Fsp3) is 0.647. The summed E-state index contributed by atoms with van der Waals surface area (Å²) in [4.78, 5) is 2.58. The average molecular weight is 274 g/mol. The molecule has 2 fully saturated rings. The van der Waals surface area contributed by atoms with Crippen LogP contribution in [0.4, 0.5) is 5.69 Å². The summed E-state index contributed by atoms with van der Waals surface area (Å²) in [7, 11) is 1.71. The molecule has 1 saturated carbocycles. The number of methoxy groups -OCH3 is 1. The maximum absolute atomic E-state index is 6.11. The maximum Gasteiger partial charge on any atom is 0.119 e. The first-order chi connectivity index (χ1) is 9.76. The molecule has 3 rings (SSSR count). The largest absolute Gasteiger partial charge is 0.497 e. The third-order valence-corrected chi connectivity index (χ3v) is 5.12. The first kappa shape index (κ1) is 13.7. The molecule has 1 aromatic rings. The van der Waals surface area contributed by atoms with Crippen LogP contribution >= 0.6 is 0 Å². The van der Waals surface area contributed by atoms with Gasteiger partial charge in [-0.3, -0.25) is 4.90 Å². The molecule has 20 heavy (non-hydrogen) atoms.